The van der Waals surface area contributed by atoms with Crippen molar-refractivity contribution >= 4 is 11.9 Å². The molecule has 4 unspecified atom stereocenters. The van der Waals surface area contributed by atoms with Crippen LogP contribution in [0.4, 0.5) is 0 Å². The highest BCUT2D eigenvalue weighted by Gasteiger charge is 2.64. The lowest BCUT2D eigenvalue weighted by molar-refractivity contribution is -0.360. The smallest absolute Gasteiger partial charge is 0.336 e. The lowest BCUT2D eigenvalue weighted by Crippen LogP contribution is -2.67. The van der Waals surface area contributed by atoms with Crippen molar-refractivity contribution in [1.29, 1.82) is 0 Å². The highest BCUT2D eigenvalue weighted by molar-refractivity contribution is 5.84. The predicted octanol–water partition coefficient (Wildman–Crippen LogP) is 3.54. The second-order valence-corrected chi connectivity index (χ2v) is 10.6. The van der Waals surface area contributed by atoms with Gasteiger partial charge in [-0.15, -0.1) is 0 Å². The largest absolute Gasteiger partial charge is 0.491 e. The van der Waals surface area contributed by atoms with E-state index in [0.717, 1.165) is 17.9 Å². The summed E-state index contributed by atoms with van der Waals surface area (Å²) < 4.78 is 22.7. The van der Waals surface area contributed by atoms with Crippen LogP contribution in [0.15, 0.2) is 24.3 Å². The third kappa shape index (κ3) is 5.24. The Hall–Kier alpha value is -2.24. The average molecular weight is 508 g/mol. The first-order chi connectivity index (χ1) is 16.9. The van der Waals surface area contributed by atoms with E-state index in [4.69, 9.17) is 23.8 Å². The van der Waals surface area contributed by atoms with Crippen LogP contribution < -0.4 is 4.74 Å². The highest BCUT2D eigenvalue weighted by atomic mass is 16.8. The summed E-state index contributed by atoms with van der Waals surface area (Å²) in [6.45, 7) is 11.3. The van der Waals surface area contributed by atoms with Crippen LogP contribution in [0, 0.1) is 0 Å². The molecule has 200 valence electrons. The first-order valence-electron chi connectivity index (χ1n) is 12.6. The van der Waals surface area contributed by atoms with E-state index in [9.17, 15) is 19.8 Å². The molecule has 3 aliphatic heterocycles. The van der Waals surface area contributed by atoms with Crippen LogP contribution in [0.25, 0.3) is 0 Å². The molecule has 4 rings (SSSR count). The lowest BCUT2D eigenvalue weighted by Gasteiger charge is -2.59. The molecular weight excluding hydrogens is 470 g/mol. The summed E-state index contributed by atoms with van der Waals surface area (Å²) in [5.74, 6) is -3.26. The summed E-state index contributed by atoms with van der Waals surface area (Å²) in [6.07, 6.45) is -1.35. The van der Waals surface area contributed by atoms with Crippen LogP contribution in [0.3, 0.4) is 0 Å². The van der Waals surface area contributed by atoms with Gasteiger partial charge in [0, 0.05) is 18.4 Å². The monoisotopic (exact) mass is 507 g/mol. The summed E-state index contributed by atoms with van der Waals surface area (Å²) in [5, 5.41) is 21.2. The molecule has 3 heterocycles. The zero-order chi connectivity index (χ0) is 26.3. The highest BCUT2D eigenvalue weighted by Crippen LogP contribution is 2.53. The van der Waals surface area contributed by atoms with Crippen LogP contribution in [0.5, 0.6) is 5.75 Å². The molecule has 1 aromatic carbocycles. The third-order valence-electron chi connectivity index (χ3n) is 7.49. The number of epoxide rings is 1. The molecular formula is C26H37NO9. The third-order valence-corrected chi connectivity index (χ3v) is 7.49. The number of nitrogens with zero attached hydrogens (tertiary/aromatic N) is 1. The number of carboxylic acid groups (broad SMARTS) is 2. The summed E-state index contributed by atoms with van der Waals surface area (Å²) in [7, 11) is 0. The van der Waals surface area contributed by atoms with Gasteiger partial charge in [0.05, 0.1) is 12.1 Å². The molecule has 0 aromatic heterocycles. The molecule has 1 aromatic rings. The Kier molecular flexibility index (Phi) is 7.38. The van der Waals surface area contributed by atoms with E-state index < -0.39 is 41.0 Å². The van der Waals surface area contributed by atoms with Gasteiger partial charge in [0.15, 0.2) is 18.0 Å². The van der Waals surface area contributed by atoms with E-state index in [1.807, 2.05) is 63.9 Å². The number of hydrogen-bond acceptors (Lipinski definition) is 8. The SMILES string of the molecule is CCC1(CC)CC2(CC(C)(C)N1OC(C)c1ccc(OCC3CO3)cc1)OC(C(=O)O)C(C(=O)O)O2. The lowest BCUT2D eigenvalue weighted by atomic mass is 9.73. The van der Waals surface area contributed by atoms with E-state index in [2.05, 4.69) is 0 Å². The van der Waals surface area contributed by atoms with Gasteiger partial charge in [-0.3, -0.25) is 4.84 Å². The molecule has 1 spiro atoms. The Labute approximate surface area is 211 Å². The number of hydrogen-bond donors (Lipinski definition) is 2. The van der Waals surface area contributed by atoms with Gasteiger partial charge in [-0.1, -0.05) is 26.0 Å². The van der Waals surface area contributed by atoms with Crippen LogP contribution in [-0.4, -0.2) is 75.6 Å². The number of rotatable bonds is 10. The first-order valence-corrected chi connectivity index (χ1v) is 12.6. The van der Waals surface area contributed by atoms with Gasteiger partial charge in [0.25, 0.3) is 0 Å². The molecule has 0 saturated carbocycles. The quantitative estimate of drug-likeness (QED) is 0.454. The predicted molar refractivity (Wildman–Crippen MR) is 127 cm³/mol. The van der Waals surface area contributed by atoms with Gasteiger partial charge in [-0.05, 0) is 51.3 Å². The van der Waals surface area contributed by atoms with Crippen LogP contribution in [0.2, 0.25) is 0 Å². The normalized spacial score (nSPS) is 31.8. The summed E-state index contributed by atoms with van der Waals surface area (Å²) in [4.78, 5) is 30.1. The Balaban J connectivity index is 1.54. The molecule has 0 amide bonds. The van der Waals surface area contributed by atoms with Crippen molar-refractivity contribution in [1.82, 2.24) is 5.06 Å². The van der Waals surface area contributed by atoms with Crippen molar-refractivity contribution in [3.63, 3.8) is 0 Å². The molecule has 2 N–H and O–H groups in total. The van der Waals surface area contributed by atoms with E-state index in [-0.39, 0.29) is 25.0 Å². The number of benzene rings is 1. The Morgan fingerprint density at radius 1 is 1.06 bits per heavy atom. The molecule has 3 aliphatic rings. The fourth-order valence-electron chi connectivity index (χ4n) is 5.60. The van der Waals surface area contributed by atoms with E-state index >= 15 is 0 Å². The van der Waals surface area contributed by atoms with Crippen molar-refractivity contribution in [2.24, 2.45) is 0 Å². The number of carboxylic acids is 2. The van der Waals surface area contributed by atoms with Crippen LogP contribution in [-0.2, 0) is 28.6 Å². The fraction of sp³-hybridized carbons (Fsp3) is 0.692. The molecule has 4 atom stereocenters. The van der Waals surface area contributed by atoms with Crippen molar-refractivity contribution in [3.05, 3.63) is 29.8 Å². The van der Waals surface area contributed by atoms with E-state index in [1.165, 1.54) is 0 Å². The van der Waals surface area contributed by atoms with Crippen molar-refractivity contribution < 1.29 is 43.6 Å². The van der Waals surface area contributed by atoms with Gasteiger partial charge < -0.3 is 29.2 Å². The molecule has 0 aliphatic carbocycles. The van der Waals surface area contributed by atoms with Crippen molar-refractivity contribution in [2.45, 2.75) is 102 Å². The maximum Gasteiger partial charge on any atom is 0.336 e. The maximum atomic E-state index is 11.8. The van der Waals surface area contributed by atoms with Crippen molar-refractivity contribution in [3.8, 4) is 5.75 Å². The number of piperidine rings is 1. The van der Waals surface area contributed by atoms with E-state index in [1.54, 1.807) is 0 Å². The minimum Gasteiger partial charge on any atom is -0.491 e. The van der Waals surface area contributed by atoms with Crippen molar-refractivity contribution in [2.75, 3.05) is 13.2 Å². The van der Waals surface area contributed by atoms with E-state index in [0.29, 0.717) is 19.4 Å². The van der Waals surface area contributed by atoms with Gasteiger partial charge >= 0.3 is 11.9 Å². The molecule has 0 radical (unpaired) electrons. The minimum absolute atomic E-state index is 0.192. The topological polar surface area (TPSA) is 127 Å². The molecule has 3 saturated heterocycles. The summed E-state index contributed by atoms with van der Waals surface area (Å²) in [5.41, 5.74) is -0.241. The number of ether oxygens (including phenoxy) is 4. The fourth-order valence-corrected chi connectivity index (χ4v) is 5.60. The zero-order valence-electron chi connectivity index (χ0n) is 21.6. The second-order valence-electron chi connectivity index (χ2n) is 10.6. The molecule has 10 nitrogen and oxygen atoms in total. The van der Waals surface area contributed by atoms with Gasteiger partial charge in [0.2, 0.25) is 0 Å². The van der Waals surface area contributed by atoms with Gasteiger partial charge in [0.1, 0.15) is 24.6 Å². The summed E-state index contributed by atoms with van der Waals surface area (Å²) in [6, 6.07) is 7.78. The number of aliphatic carboxylic acids is 2. The number of hydroxylamine groups is 2. The second kappa shape index (κ2) is 9.90. The zero-order valence-corrected chi connectivity index (χ0v) is 21.6. The maximum absolute atomic E-state index is 11.8. The Bertz CT molecular complexity index is 933. The average Bonchev–Trinajstić information content (AvgIpc) is 3.59. The van der Waals surface area contributed by atoms with Gasteiger partial charge in [-0.25, -0.2) is 9.59 Å². The molecule has 3 fully saturated rings. The summed E-state index contributed by atoms with van der Waals surface area (Å²) >= 11 is 0. The Morgan fingerprint density at radius 2 is 1.61 bits per heavy atom. The first kappa shape index (κ1) is 26.8. The minimum atomic E-state index is -1.57. The molecule has 10 heteroatoms. The number of carbonyl (C=O) groups is 2. The van der Waals surface area contributed by atoms with Gasteiger partial charge in [-0.2, -0.15) is 5.06 Å². The molecule has 0 bridgehead atoms. The standard InChI is InChI=1S/C26H37NO9/c1-6-25(7-2)15-26(34-20(22(28)29)21(35-26)23(30)31)14-24(4,5)27(25)36-16(3)17-8-10-18(11-9-17)32-12-19-13-33-19/h8-11,16,19-21H,6-7,12-15H2,1-5H3,(H,28,29)(H,30,31). The Morgan fingerprint density at radius 3 is 2.08 bits per heavy atom. The molecule has 36 heavy (non-hydrogen) atoms. The van der Waals surface area contributed by atoms with Crippen LogP contribution in [0.1, 0.15) is 72.0 Å². The van der Waals surface area contributed by atoms with Crippen LogP contribution >= 0.6 is 0 Å².